The first kappa shape index (κ1) is 14.3. The zero-order chi connectivity index (χ0) is 13.8. The second kappa shape index (κ2) is 6.34. The number of ether oxygens (including phenoxy) is 4. The normalized spacial score (nSPS) is 35.7. The van der Waals surface area contributed by atoms with Gasteiger partial charge in [0.15, 0.2) is 0 Å². The molecule has 4 unspecified atom stereocenters. The second-order valence-corrected chi connectivity index (χ2v) is 5.07. The topological polar surface area (TPSA) is 71.1 Å². The fraction of sp³-hybridized carbons (Fsp3) is 0.846. The van der Waals surface area contributed by atoms with Crippen molar-refractivity contribution < 1.29 is 28.5 Å². The summed E-state index contributed by atoms with van der Waals surface area (Å²) in [6.07, 6.45) is 1.29. The van der Waals surface area contributed by atoms with Gasteiger partial charge in [-0.1, -0.05) is 0 Å². The van der Waals surface area contributed by atoms with E-state index >= 15 is 0 Å². The molecule has 0 radical (unpaired) electrons. The van der Waals surface area contributed by atoms with E-state index in [2.05, 4.69) is 0 Å². The molecule has 0 aromatic heterocycles. The van der Waals surface area contributed by atoms with Gasteiger partial charge in [0.1, 0.15) is 0 Å². The molecule has 0 spiro atoms. The molecule has 0 aromatic rings. The Morgan fingerprint density at radius 2 is 1.32 bits per heavy atom. The zero-order valence-electron chi connectivity index (χ0n) is 11.3. The predicted octanol–water partition coefficient (Wildman–Crippen LogP) is 1.51. The van der Waals surface area contributed by atoms with Gasteiger partial charge >= 0.3 is 11.9 Å². The maximum atomic E-state index is 11.2. The molecule has 0 aromatic carbocycles. The van der Waals surface area contributed by atoms with E-state index < -0.39 is 12.6 Å². The fourth-order valence-electron chi connectivity index (χ4n) is 2.23. The molecule has 19 heavy (non-hydrogen) atoms. The quantitative estimate of drug-likeness (QED) is 0.722. The minimum Gasteiger partial charge on any atom is -0.436 e. The average molecular weight is 272 g/mol. The minimum absolute atomic E-state index is 0.102. The Bertz CT molecular complexity index is 310. The summed E-state index contributed by atoms with van der Waals surface area (Å²) < 4.78 is 21.2. The summed E-state index contributed by atoms with van der Waals surface area (Å²) in [6, 6.07) is 0. The number of hydrogen-bond acceptors (Lipinski definition) is 6. The van der Waals surface area contributed by atoms with Gasteiger partial charge in [0.05, 0.1) is 25.0 Å². The molecule has 6 nitrogen and oxygen atoms in total. The summed E-state index contributed by atoms with van der Waals surface area (Å²) in [5.74, 6) is -0.449. The molecular formula is C13H20O6. The summed E-state index contributed by atoms with van der Waals surface area (Å²) >= 11 is 0. The van der Waals surface area contributed by atoms with Crippen molar-refractivity contribution in [1.29, 1.82) is 0 Å². The lowest BCUT2D eigenvalue weighted by Crippen LogP contribution is -2.35. The third-order valence-corrected chi connectivity index (χ3v) is 3.08. The van der Waals surface area contributed by atoms with Crippen molar-refractivity contribution in [2.24, 2.45) is 0 Å². The van der Waals surface area contributed by atoms with Gasteiger partial charge in [-0.25, -0.2) is 0 Å². The van der Waals surface area contributed by atoms with Crippen molar-refractivity contribution in [2.75, 3.05) is 0 Å². The van der Waals surface area contributed by atoms with E-state index in [1.807, 2.05) is 13.8 Å². The maximum Gasteiger partial charge on any atom is 0.310 e. The first-order chi connectivity index (χ1) is 9.02. The third kappa shape index (κ3) is 4.47. The van der Waals surface area contributed by atoms with E-state index in [1.54, 1.807) is 0 Å². The number of cyclic esters (lactones) is 2. The number of carbonyl (C=O) groups excluding carboxylic acids is 2. The molecule has 2 aliphatic heterocycles. The van der Waals surface area contributed by atoms with Crippen LogP contribution in [0.15, 0.2) is 0 Å². The van der Waals surface area contributed by atoms with Crippen LogP contribution in [-0.4, -0.2) is 36.7 Å². The summed E-state index contributed by atoms with van der Waals surface area (Å²) in [4.78, 5) is 22.5. The van der Waals surface area contributed by atoms with Gasteiger partial charge in [0.25, 0.3) is 0 Å². The SMILES string of the molecule is CC1CC(=O)OC(CCCC2OC(=O)CC(C)O2)O1. The van der Waals surface area contributed by atoms with Crippen LogP contribution < -0.4 is 0 Å². The van der Waals surface area contributed by atoms with Crippen LogP contribution in [0.2, 0.25) is 0 Å². The van der Waals surface area contributed by atoms with Gasteiger partial charge in [-0.3, -0.25) is 9.59 Å². The highest BCUT2D eigenvalue weighted by Crippen LogP contribution is 2.21. The predicted molar refractivity (Wildman–Crippen MR) is 63.9 cm³/mol. The highest BCUT2D eigenvalue weighted by Gasteiger charge is 2.28. The first-order valence-corrected chi connectivity index (χ1v) is 6.73. The molecule has 2 heterocycles. The highest BCUT2D eigenvalue weighted by molar-refractivity contribution is 5.70. The van der Waals surface area contributed by atoms with Crippen LogP contribution in [-0.2, 0) is 28.5 Å². The molecule has 2 fully saturated rings. The minimum atomic E-state index is -0.493. The Kier molecular flexibility index (Phi) is 4.76. The Labute approximate surface area is 112 Å². The number of hydrogen-bond donors (Lipinski definition) is 0. The van der Waals surface area contributed by atoms with Crippen molar-refractivity contribution >= 4 is 11.9 Å². The molecule has 0 bridgehead atoms. The van der Waals surface area contributed by atoms with E-state index in [-0.39, 0.29) is 24.1 Å². The van der Waals surface area contributed by atoms with Gasteiger partial charge < -0.3 is 18.9 Å². The van der Waals surface area contributed by atoms with Crippen molar-refractivity contribution in [3.05, 3.63) is 0 Å². The number of carbonyl (C=O) groups is 2. The van der Waals surface area contributed by atoms with Gasteiger partial charge in [-0.05, 0) is 20.3 Å². The Morgan fingerprint density at radius 1 is 0.895 bits per heavy atom. The van der Waals surface area contributed by atoms with Gasteiger partial charge in [0, 0.05) is 12.8 Å². The lowest BCUT2D eigenvalue weighted by atomic mass is 10.2. The van der Waals surface area contributed by atoms with Crippen molar-refractivity contribution in [3.8, 4) is 0 Å². The number of esters is 2. The summed E-state index contributed by atoms with van der Waals surface area (Å²) in [6.45, 7) is 3.70. The Hall–Kier alpha value is -1.14. The van der Waals surface area contributed by atoms with Crippen molar-refractivity contribution in [3.63, 3.8) is 0 Å². The Balaban J connectivity index is 1.68. The van der Waals surface area contributed by atoms with Crippen molar-refractivity contribution in [2.45, 2.75) is 70.7 Å². The zero-order valence-corrected chi connectivity index (χ0v) is 11.3. The average Bonchev–Trinajstić information content (AvgIpc) is 2.26. The molecule has 2 aliphatic rings. The summed E-state index contributed by atoms with van der Waals surface area (Å²) in [5.41, 5.74) is 0. The van der Waals surface area contributed by atoms with Crippen LogP contribution in [0.4, 0.5) is 0 Å². The largest absolute Gasteiger partial charge is 0.436 e. The molecule has 0 amide bonds. The smallest absolute Gasteiger partial charge is 0.310 e. The van der Waals surface area contributed by atoms with E-state index in [1.165, 1.54) is 0 Å². The van der Waals surface area contributed by atoms with Crippen LogP contribution in [0.5, 0.6) is 0 Å². The molecule has 6 heteroatoms. The second-order valence-electron chi connectivity index (χ2n) is 5.07. The molecule has 4 atom stereocenters. The van der Waals surface area contributed by atoms with Crippen LogP contribution in [0.1, 0.15) is 46.0 Å². The molecule has 0 N–H and O–H groups in total. The standard InChI is InChI=1S/C13H20O6/c1-8-6-10(14)18-12(16-8)4-3-5-13-17-9(2)7-11(15)19-13/h8-9,12-13H,3-7H2,1-2H3. The van der Waals surface area contributed by atoms with E-state index in [0.29, 0.717) is 32.1 Å². The lowest BCUT2D eigenvalue weighted by Gasteiger charge is -2.29. The van der Waals surface area contributed by atoms with Gasteiger partial charge in [0.2, 0.25) is 12.6 Å². The summed E-state index contributed by atoms with van der Waals surface area (Å²) in [5, 5.41) is 0. The van der Waals surface area contributed by atoms with Crippen LogP contribution in [0.25, 0.3) is 0 Å². The van der Waals surface area contributed by atoms with E-state index in [4.69, 9.17) is 18.9 Å². The molecular weight excluding hydrogens is 252 g/mol. The maximum absolute atomic E-state index is 11.2. The first-order valence-electron chi connectivity index (χ1n) is 6.73. The molecule has 0 saturated carbocycles. The number of rotatable bonds is 4. The fourth-order valence-corrected chi connectivity index (χ4v) is 2.23. The van der Waals surface area contributed by atoms with Crippen molar-refractivity contribution in [1.82, 2.24) is 0 Å². The van der Waals surface area contributed by atoms with Gasteiger partial charge in [-0.2, -0.15) is 0 Å². The lowest BCUT2D eigenvalue weighted by molar-refractivity contribution is -0.220. The van der Waals surface area contributed by atoms with E-state index in [0.717, 1.165) is 0 Å². The van der Waals surface area contributed by atoms with Crippen LogP contribution >= 0.6 is 0 Å². The third-order valence-electron chi connectivity index (χ3n) is 3.08. The molecule has 2 saturated heterocycles. The van der Waals surface area contributed by atoms with Gasteiger partial charge in [-0.15, -0.1) is 0 Å². The monoisotopic (exact) mass is 272 g/mol. The molecule has 108 valence electrons. The van der Waals surface area contributed by atoms with E-state index in [9.17, 15) is 9.59 Å². The molecule has 2 rings (SSSR count). The molecule has 0 aliphatic carbocycles. The Morgan fingerprint density at radius 3 is 1.68 bits per heavy atom. The summed E-state index contributed by atoms with van der Waals surface area (Å²) in [7, 11) is 0. The van der Waals surface area contributed by atoms with Crippen LogP contribution in [0, 0.1) is 0 Å². The van der Waals surface area contributed by atoms with Crippen LogP contribution in [0.3, 0.4) is 0 Å². The highest BCUT2D eigenvalue weighted by atomic mass is 16.7.